The van der Waals surface area contributed by atoms with Crippen LogP contribution in [0.1, 0.15) is 17.5 Å². The Morgan fingerprint density at radius 3 is 1.69 bits per heavy atom. The third-order valence-electron chi connectivity index (χ3n) is 9.09. The molecule has 2 heterocycles. The van der Waals surface area contributed by atoms with Crippen LogP contribution in [0.2, 0.25) is 10.0 Å². The summed E-state index contributed by atoms with van der Waals surface area (Å²) in [6, 6.07) is 11.5. The summed E-state index contributed by atoms with van der Waals surface area (Å²) < 4.78 is 35.9. The molecule has 0 unspecified atom stereocenters. The second-order valence-electron chi connectivity index (χ2n) is 12.7. The molecule has 2 aromatic rings. The maximum atomic E-state index is 11.4. The number of halogens is 2. The number of aliphatic hydroxyl groups excluding tert-OH is 5. The Hall–Kier alpha value is -1.58. The molecule has 0 aromatic heterocycles. The Balaban J connectivity index is 1.29. The van der Waals surface area contributed by atoms with Gasteiger partial charge in [0.2, 0.25) is 0 Å². The normalized spacial score (nSPS) is 39.9. The van der Waals surface area contributed by atoms with Crippen molar-refractivity contribution in [3.8, 4) is 0 Å². The first-order valence-electron chi connectivity index (χ1n) is 16.0. The van der Waals surface area contributed by atoms with Crippen LogP contribution in [-0.2, 0) is 41.6 Å². The second kappa shape index (κ2) is 17.3. The fraction of sp³-hybridized carbons (Fsp3) is 0.625. The minimum atomic E-state index is -1.67. The summed E-state index contributed by atoms with van der Waals surface area (Å²) in [4.78, 5) is 0. The first kappa shape index (κ1) is 38.6. The lowest BCUT2D eigenvalue weighted by Crippen LogP contribution is -2.68. The first-order chi connectivity index (χ1) is 23.4. The van der Waals surface area contributed by atoms with E-state index in [1.54, 1.807) is 36.4 Å². The van der Waals surface area contributed by atoms with Gasteiger partial charge in [-0.1, -0.05) is 47.5 Å². The van der Waals surface area contributed by atoms with E-state index in [1.165, 1.54) is 0 Å². The largest absolute Gasteiger partial charge is 0.388 e. The lowest BCUT2D eigenvalue weighted by molar-refractivity contribution is -0.334. The van der Waals surface area contributed by atoms with Gasteiger partial charge in [0.25, 0.3) is 0 Å². The third kappa shape index (κ3) is 9.27. The van der Waals surface area contributed by atoms with Gasteiger partial charge < -0.3 is 76.9 Å². The molecule has 1 aliphatic carbocycles. The van der Waals surface area contributed by atoms with Crippen molar-refractivity contribution in [2.24, 2.45) is 22.9 Å². The summed E-state index contributed by atoms with van der Waals surface area (Å²) in [6.45, 7) is 0.184. The zero-order chi connectivity index (χ0) is 35.4. The van der Waals surface area contributed by atoms with Crippen molar-refractivity contribution in [1.82, 2.24) is 0 Å². The van der Waals surface area contributed by atoms with E-state index in [4.69, 9.17) is 74.6 Å². The summed E-state index contributed by atoms with van der Waals surface area (Å²) in [7, 11) is 0. The highest BCUT2D eigenvalue weighted by Gasteiger charge is 2.52. The molecule has 49 heavy (non-hydrogen) atoms. The number of benzene rings is 2. The summed E-state index contributed by atoms with van der Waals surface area (Å²) in [6.07, 6.45) is -15.6. The standard InChI is InChI=1S/C32H46Cl2N4O11/c33-16-5-1-14(2-6-16)11-44-13-21-30(45-12-15-3-7-17(34)8-4-15)22(38)24(40)31(47-21)48-28-18(36)9-19(37)29(27(28)43)49-32-26(42)25(41)23(39)20(10-35)46-32/h1-8,18-32,39-43H,9-13,35-38H2/t18-,19+,20-,21-,22-,23-,24-,25+,26-,27-,28+,29-,30-,31-,32-/m1/s1. The Morgan fingerprint density at radius 1 is 0.633 bits per heavy atom. The molecule has 0 bridgehead atoms. The predicted molar refractivity (Wildman–Crippen MR) is 176 cm³/mol. The van der Waals surface area contributed by atoms with Crippen molar-refractivity contribution in [3.63, 3.8) is 0 Å². The molecule has 0 radical (unpaired) electrons. The van der Waals surface area contributed by atoms with Crippen molar-refractivity contribution in [2.75, 3.05) is 13.2 Å². The van der Waals surface area contributed by atoms with Gasteiger partial charge in [0.15, 0.2) is 12.6 Å². The number of rotatable bonds is 12. The van der Waals surface area contributed by atoms with E-state index in [9.17, 15) is 25.5 Å². The molecule has 0 spiro atoms. The van der Waals surface area contributed by atoms with Crippen LogP contribution in [0.25, 0.3) is 0 Å². The quantitative estimate of drug-likeness (QED) is 0.120. The molecule has 2 saturated heterocycles. The number of hydrogen-bond donors (Lipinski definition) is 9. The van der Waals surface area contributed by atoms with Gasteiger partial charge in [-0.25, -0.2) is 0 Å². The Kier molecular flexibility index (Phi) is 13.6. The zero-order valence-corrected chi connectivity index (χ0v) is 28.1. The average Bonchev–Trinajstić information content (AvgIpc) is 3.08. The van der Waals surface area contributed by atoms with Crippen LogP contribution in [0.4, 0.5) is 0 Å². The number of hydrogen-bond acceptors (Lipinski definition) is 15. The SMILES string of the molecule is NC[C@H]1O[C@H](O[C@H]2[C@H](O)[C@@H](O[C@H]3O[C@H](COCc4ccc(Cl)cc4)[C@@H](OCc4ccc(Cl)cc4)[C@H](N)[C@H]3O)[C@H](N)C[C@@H]2N)[C@H](O)[C@@H](O)[C@@H]1O. The van der Waals surface area contributed by atoms with Crippen LogP contribution in [-0.4, -0.2) is 130 Å². The van der Waals surface area contributed by atoms with E-state index in [0.717, 1.165) is 11.1 Å². The molecule has 3 aliphatic rings. The number of nitrogens with two attached hydrogens (primary N) is 4. The van der Waals surface area contributed by atoms with Crippen molar-refractivity contribution < 1.29 is 54.0 Å². The van der Waals surface area contributed by atoms with Gasteiger partial charge in [0.05, 0.1) is 25.9 Å². The molecule has 3 fully saturated rings. The van der Waals surface area contributed by atoms with E-state index in [0.29, 0.717) is 10.0 Å². The molecule has 2 aromatic carbocycles. The number of ether oxygens (including phenoxy) is 6. The van der Waals surface area contributed by atoms with E-state index in [1.807, 2.05) is 12.1 Å². The van der Waals surface area contributed by atoms with E-state index < -0.39 is 91.7 Å². The minimum absolute atomic E-state index is 0.00251. The lowest BCUT2D eigenvalue weighted by atomic mass is 9.84. The summed E-state index contributed by atoms with van der Waals surface area (Å²) in [5.74, 6) is 0. The van der Waals surface area contributed by atoms with Gasteiger partial charge in [-0.3, -0.25) is 0 Å². The smallest absolute Gasteiger partial charge is 0.187 e. The molecule has 15 nitrogen and oxygen atoms in total. The summed E-state index contributed by atoms with van der Waals surface area (Å²) in [5, 5.41) is 54.8. The molecule has 1 saturated carbocycles. The maximum Gasteiger partial charge on any atom is 0.187 e. The molecule has 274 valence electrons. The molecule has 0 amide bonds. The van der Waals surface area contributed by atoms with Crippen LogP contribution < -0.4 is 22.9 Å². The second-order valence-corrected chi connectivity index (χ2v) is 13.5. The number of aliphatic hydroxyl groups is 5. The topological polar surface area (TPSA) is 261 Å². The van der Waals surface area contributed by atoms with Crippen LogP contribution in [0, 0.1) is 0 Å². The molecular weight excluding hydrogens is 687 g/mol. The Morgan fingerprint density at radius 2 is 1.14 bits per heavy atom. The third-order valence-corrected chi connectivity index (χ3v) is 9.60. The highest BCUT2D eigenvalue weighted by Crippen LogP contribution is 2.32. The highest BCUT2D eigenvalue weighted by atomic mass is 35.5. The fourth-order valence-electron chi connectivity index (χ4n) is 6.24. The van der Waals surface area contributed by atoms with E-state index >= 15 is 0 Å². The molecule has 13 N–H and O–H groups in total. The highest BCUT2D eigenvalue weighted by molar-refractivity contribution is 6.30. The molecule has 15 atom stereocenters. The van der Waals surface area contributed by atoms with Crippen molar-refractivity contribution in [2.45, 2.75) is 111 Å². The summed E-state index contributed by atoms with van der Waals surface area (Å²) in [5.41, 5.74) is 26.5. The molecular formula is C32H46Cl2N4O11. The first-order valence-corrected chi connectivity index (χ1v) is 16.8. The van der Waals surface area contributed by atoms with Gasteiger partial charge in [-0.2, -0.15) is 0 Å². The van der Waals surface area contributed by atoms with Crippen LogP contribution in [0.5, 0.6) is 0 Å². The van der Waals surface area contributed by atoms with Crippen LogP contribution in [0.3, 0.4) is 0 Å². The van der Waals surface area contributed by atoms with Crippen LogP contribution >= 0.6 is 23.2 Å². The van der Waals surface area contributed by atoms with Gasteiger partial charge in [0, 0.05) is 28.7 Å². The van der Waals surface area contributed by atoms with Gasteiger partial charge in [-0.05, 0) is 41.8 Å². The Bertz CT molecular complexity index is 1320. The van der Waals surface area contributed by atoms with E-state index in [-0.39, 0.29) is 32.8 Å². The maximum absolute atomic E-state index is 11.4. The van der Waals surface area contributed by atoms with Crippen molar-refractivity contribution in [1.29, 1.82) is 0 Å². The average molecular weight is 734 g/mol. The molecule has 2 aliphatic heterocycles. The van der Waals surface area contributed by atoms with E-state index in [2.05, 4.69) is 0 Å². The monoisotopic (exact) mass is 732 g/mol. The van der Waals surface area contributed by atoms with Gasteiger partial charge in [0.1, 0.15) is 61.0 Å². The van der Waals surface area contributed by atoms with Crippen LogP contribution in [0.15, 0.2) is 48.5 Å². The molecule has 17 heteroatoms. The van der Waals surface area contributed by atoms with Crippen molar-refractivity contribution in [3.05, 3.63) is 69.7 Å². The van der Waals surface area contributed by atoms with Gasteiger partial charge in [-0.15, -0.1) is 0 Å². The molecule has 5 rings (SSSR count). The Labute approximate surface area is 293 Å². The zero-order valence-electron chi connectivity index (χ0n) is 26.6. The lowest BCUT2D eigenvalue weighted by Gasteiger charge is -2.48. The minimum Gasteiger partial charge on any atom is -0.388 e. The van der Waals surface area contributed by atoms with Crippen molar-refractivity contribution >= 4 is 23.2 Å². The van der Waals surface area contributed by atoms with Gasteiger partial charge >= 0.3 is 0 Å². The fourth-order valence-corrected chi connectivity index (χ4v) is 6.49. The predicted octanol–water partition coefficient (Wildman–Crippen LogP) is -1.54. The summed E-state index contributed by atoms with van der Waals surface area (Å²) >= 11 is 12.0.